The van der Waals surface area contributed by atoms with E-state index in [1.807, 2.05) is 0 Å². The molecule has 1 atom stereocenters. The number of carboxylic acid groups (broad SMARTS) is 1. The average Bonchev–Trinajstić information content (AvgIpc) is 2.74. The van der Waals surface area contributed by atoms with E-state index in [1.165, 1.54) is 12.3 Å². The van der Waals surface area contributed by atoms with Crippen molar-refractivity contribution >= 4 is 16.9 Å². The van der Waals surface area contributed by atoms with Gasteiger partial charge in [0.25, 0.3) is 0 Å². The van der Waals surface area contributed by atoms with E-state index in [0.717, 1.165) is 12.1 Å². The number of aliphatic carboxylic acids is 1. The Hall–Kier alpha value is -2.02. The first kappa shape index (κ1) is 14.4. The predicted molar refractivity (Wildman–Crippen MR) is 65.2 cm³/mol. The predicted octanol–water partition coefficient (Wildman–Crippen LogP) is 2.80. The molecule has 0 aliphatic rings. The van der Waals surface area contributed by atoms with Gasteiger partial charge in [-0.3, -0.25) is 0 Å². The molecule has 4 nitrogen and oxygen atoms in total. The van der Waals surface area contributed by atoms with Crippen molar-refractivity contribution in [1.29, 1.82) is 0 Å². The molecular formula is C13H12F3NO3. The lowest BCUT2D eigenvalue weighted by atomic mass is 10.1. The second-order valence-electron chi connectivity index (χ2n) is 4.34. The molecule has 0 aliphatic carbocycles. The van der Waals surface area contributed by atoms with Crippen molar-refractivity contribution in [3.63, 3.8) is 0 Å². The van der Waals surface area contributed by atoms with Crippen molar-refractivity contribution in [3.8, 4) is 0 Å². The van der Waals surface area contributed by atoms with Gasteiger partial charge in [-0.25, -0.2) is 4.79 Å². The molecule has 0 fully saturated rings. The molecule has 1 aromatic carbocycles. The van der Waals surface area contributed by atoms with Gasteiger partial charge in [0.2, 0.25) is 0 Å². The summed E-state index contributed by atoms with van der Waals surface area (Å²) in [5.41, 5.74) is -0.464. The second-order valence-corrected chi connectivity index (χ2v) is 4.34. The Morgan fingerprint density at radius 1 is 1.40 bits per heavy atom. The first-order valence-corrected chi connectivity index (χ1v) is 5.86. The van der Waals surface area contributed by atoms with E-state index in [9.17, 15) is 23.1 Å². The molecule has 2 N–H and O–H groups in total. The van der Waals surface area contributed by atoms with Gasteiger partial charge in [0.05, 0.1) is 5.56 Å². The van der Waals surface area contributed by atoms with Crippen LogP contribution in [0.5, 0.6) is 0 Å². The van der Waals surface area contributed by atoms with Crippen LogP contribution in [0.15, 0.2) is 24.4 Å². The van der Waals surface area contributed by atoms with E-state index in [4.69, 9.17) is 5.11 Å². The lowest BCUT2D eigenvalue weighted by Crippen LogP contribution is -2.10. The third-order valence-corrected chi connectivity index (χ3v) is 3.11. The molecular weight excluding hydrogens is 275 g/mol. The first-order chi connectivity index (χ1) is 9.25. The lowest BCUT2D eigenvalue weighted by Gasteiger charge is -2.08. The Morgan fingerprint density at radius 2 is 2.05 bits per heavy atom. The van der Waals surface area contributed by atoms with E-state index in [1.54, 1.807) is 11.5 Å². The minimum absolute atomic E-state index is 0.0413. The highest BCUT2D eigenvalue weighted by Crippen LogP contribution is 2.34. The zero-order valence-electron chi connectivity index (χ0n) is 10.5. The molecule has 1 heterocycles. The minimum atomic E-state index is -4.52. The van der Waals surface area contributed by atoms with E-state index in [-0.39, 0.29) is 10.9 Å². The quantitative estimate of drug-likeness (QED) is 0.912. The van der Waals surface area contributed by atoms with Gasteiger partial charge in [0, 0.05) is 29.2 Å². The molecule has 0 saturated heterocycles. The summed E-state index contributed by atoms with van der Waals surface area (Å²) >= 11 is 0. The smallest absolute Gasteiger partial charge is 0.416 e. The number of rotatable bonds is 3. The Balaban J connectivity index is 2.71. The molecule has 1 aromatic heterocycles. The van der Waals surface area contributed by atoms with Crippen molar-refractivity contribution in [2.75, 3.05) is 0 Å². The van der Waals surface area contributed by atoms with Crippen LogP contribution >= 0.6 is 0 Å². The normalized spacial score (nSPS) is 13.7. The van der Waals surface area contributed by atoms with Gasteiger partial charge < -0.3 is 14.8 Å². The van der Waals surface area contributed by atoms with Gasteiger partial charge in [0.1, 0.15) is 0 Å². The molecule has 0 bridgehead atoms. The highest BCUT2D eigenvalue weighted by Gasteiger charge is 2.31. The Kier molecular flexibility index (Phi) is 3.47. The molecule has 0 amide bonds. The van der Waals surface area contributed by atoms with Crippen LogP contribution in [0.4, 0.5) is 13.2 Å². The van der Waals surface area contributed by atoms with E-state index < -0.39 is 23.8 Å². The van der Waals surface area contributed by atoms with E-state index in [0.29, 0.717) is 12.1 Å². The Labute approximate surface area is 112 Å². The SMILES string of the molecule is CCn1cc(C(O)C(=O)O)c2cc(C(F)(F)F)ccc21. The van der Waals surface area contributed by atoms with Gasteiger partial charge in [-0.15, -0.1) is 0 Å². The van der Waals surface area contributed by atoms with E-state index in [2.05, 4.69) is 0 Å². The first-order valence-electron chi connectivity index (χ1n) is 5.86. The van der Waals surface area contributed by atoms with Crippen molar-refractivity contribution in [2.45, 2.75) is 25.7 Å². The number of carbonyl (C=O) groups is 1. The zero-order chi connectivity index (χ0) is 15.1. The van der Waals surface area contributed by atoms with Gasteiger partial charge in [-0.05, 0) is 25.1 Å². The summed E-state index contributed by atoms with van der Waals surface area (Å²) in [6.45, 7) is 2.22. The standard InChI is InChI=1S/C13H12F3NO3/c1-2-17-6-9(11(18)12(19)20)8-5-7(13(14,15)16)3-4-10(8)17/h3-6,11,18H,2H2,1H3,(H,19,20). The molecule has 0 spiro atoms. The summed E-state index contributed by atoms with van der Waals surface area (Å²) in [5, 5.41) is 18.5. The zero-order valence-corrected chi connectivity index (χ0v) is 10.5. The molecule has 108 valence electrons. The van der Waals surface area contributed by atoms with Crippen LogP contribution in [0.1, 0.15) is 24.2 Å². The highest BCUT2D eigenvalue weighted by atomic mass is 19.4. The monoisotopic (exact) mass is 287 g/mol. The lowest BCUT2D eigenvalue weighted by molar-refractivity contribution is -0.146. The van der Waals surface area contributed by atoms with Crippen LogP contribution in [0, 0.1) is 0 Å². The number of alkyl halides is 3. The van der Waals surface area contributed by atoms with Crippen LogP contribution in [0.2, 0.25) is 0 Å². The number of aromatic nitrogens is 1. The maximum absolute atomic E-state index is 12.7. The number of carboxylic acids is 1. The van der Waals surface area contributed by atoms with Crippen LogP contribution < -0.4 is 0 Å². The summed E-state index contributed by atoms with van der Waals surface area (Å²) in [6.07, 6.45) is -5.01. The fourth-order valence-corrected chi connectivity index (χ4v) is 2.11. The number of hydrogen-bond acceptors (Lipinski definition) is 2. The topological polar surface area (TPSA) is 62.5 Å². The molecule has 0 radical (unpaired) electrons. The van der Waals surface area contributed by atoms with E-state index >= 15 is 0 Å². The van der Waals surface area contributed by atoms with Crippen LogP contribution in [-0.2, 0) is 17.5 Å². The summed E-state index contributed by atoms with van der Waals surface area (Å²) in [5.74, 6) is -1.50. The number of aliphatic hydroxyl groups is 1. The molecule has 2 rings (SSSR count). The molecule has 2 aromatic rings. The fourth-order valence-electron chi connectivity index (χ4n) is 2.11. The number of nitrogens with zero attached hydrogens (tertiary/aromatic N) is 1. The van der Waals surface area contributed by atoms with Crippen molar-refractivity contribution in [1.82, 2.24) is 4.57 Å². The van der Waals surface area contributed by atoms with Crippen molar-refractivity contribution in [2.24, 2.45) is 0 Å². The summed E-state index contributed by atoms with van der Waals surface area (Å²) in [7, 11) is 0. The number of benzene rings is 1. The van der Waals surface area contributed by atoms with Gasteiger partial charge >= 0.3 is 12.1 Å². The van der Waals surface area contributed by atoms with Gasteiger partial charge in [0.15, 0.2) is 6.10 Å². The third-order valence-electron chi connectivity index (χ3n) is 3.11. The molecule has 7 heteroatoms. The summed E-state index contributed by atoms with van der Waals surface area (Å²) < 4.78 is 39.7. The Bertz CT molecular complexity index is 661. The number of halogens is 3. The molecule has 0 saturated carbocycles. The largest absolute Gasteiger partial charge is 0.479 e. The molecule has 0 aliphatic heterocycles. The number of aliphatic hydroxyl groups excluding tert-OH is 1. The van der Waals surface area contributed by atoms with Crippen LogP contribution in [-0.4, -0.2) is 20.7 Å². The van der Waals surface area contributed by atoms with Gasteiger partial charge in [-0.2, -0.15) is 13.2 Å². The number of hydrogen-bond donors (Lipinski definition) is 2. The maximum Gasteiger partial charge on any atom is 0.416 e. The van der Waals surface area contributed by atoms with Crippen LogP contribution in [0.3, 0.4) is 0 Å². The highest BCUT2D eigenvalue weighted by molar-refractivity contribution is 5.89. The molecule has 1 unspecified atom stereocenters. The van der Waals surface area contributed by atoms with Crippen molar-refractivity contribution in [3.05, 3.63) is 35.5 Å². The van der Waals surface area contributed by atoms with Crippen molar-refractivity contribution < 1.29 is 28.2 Å². The summed E-state index contributed by atoms with van der Waals surface area (Å²) in [4.78, 5) is 10.8. The fraction of sp³-hybridized carbons (Fsp3) is 0.308. The summed E-state index contributed by atoms with van der Waals surface area (Å²) in [6, 6.07) is 3.08. The second kappa shape index (κ2) is 4.82. The average molecular weight is 287 g/mol. The minimum Gasteiger partial charge on any atom is -0.479 e. The Morgan fingerprint density at radius 3 is 2.55 bits per heavy atom. The number of aryl methyl sites for hydroxylation is 1. The molecule has 20 heavy (non-hydrogen) atoms. The number of fused-ring (bicyclic) bond motifs is 1. The van der Waals surface area contributed by atoms with Gasteiger partial charge in [-0.1, -0.05) is 0 Å². The third kappa shape index (κ3) is 2.36. The maximum atomic E-state index is 12.7. The van der Waals surface area contributed by atoms with Crippen LogP contribution in [0.25, 0.3) is 10.9 Å².